The summed E-state index contributed by atoms with van der Waals surface area (Å²) in [5, 5.41) is 12.5. The summed E-state index contributed by atoms with van der Waals surface area (Å²) in [6, 6.07) is 3.65. The molecule has 3 rings (SSSR count). The lowest BCUT2D eigenvalue weighted by Crippen LogP contribution is -2.44. The molecule has 2 aliphatic rings. The summed E-state index contributed by atoms with van der Waals surface area (Å²) in [5.41, 5.74) is 0. The summed E-state index contributed by atoms with van der Waals surface area (Å²) in [4.78, 5) is 26.5. The summed E-state index contributed by atoms with van der Waals surface area (Å²) in [6.45, 7) is 0.926. The molecule has 1 aromatic rings. The van der Waals surface area contributed by atoms with Gasteiger partial charge in [0.1, 0.15) is 5.76 Å². The minimum absolute atomic E-state index is 0.00655. The van der Waals surface area contributed by atoms with Crippen molar-refractivity contribution in [2.45, 2.75) is 57.5 Å². The molecule has 2 N–H and O–H groups in total. The highest BCUT2D eigenvalue weighted by molar-refractivity contribution is 5.89. The zero-order chi connectivity index (χ0) is 17.6. The van der Waals surface area contributed by atoms with E-state index in [2.05, 4.69) is 5.32 Å². The lowest BCUT2D eigenvalue weighted by molar-refractivity contribution is -0.129. The van der Waals surface area contributed by atoms with Crippen LogP contribution in [0.1, 0.15) is 50.7 Å². The van der Waals surface area contributed by atoms with Crippen LogP contribution >= 0.6 is 0 Å². The lowest BCUT2D eigenvalue weighted by atomic mass is 9.82. The van der Waals surface area contributed by atoms with Gasteiger partial charge in [0.15, 0.2) is 0 Å². The standard InChI is InChI=1S/C19H28N2O4/c22-9-8-17(14-5-2-1-3-6-14)20-19(24)15-11-18(23)21(12-15)13-16-7-4-10-25-16/h4,7,10,14-15,17,22H,1-3,5-6,8-9,11-13H2,(H,20,24)/t15-,17+/m1/s1. The van der Waals surface area contributed by atoms with E-state index >= 15 is 0 Å². The summed E-state index contributed by atoms with van der Waals surface area (Å²) < 4.78 is 5.29. The molecule has 6 heteroatoms. The van der Waals surface area contributed by atoms with E-state index in [1.54, 1.807) is 17.2 Å². The van der Waals surface area contributed by atoms with Crippen molar-refractivity contribution in [1.29, 1.82) is 0 Å². The normalized spacial score (nSPS) is 23.0. The third-order valence-electron chi connectivity index (χ3n) is 5.50. The van der Waals surface area contributed by atoms with Gasteiger partial charge in [-0.2, -0.15) is 0 Å². The van der Waals surface area contributed by atoms with E-state index in [1.807, 2.05) is 6.07 Å². The monoisotopic (exact) mass is 348 g/mol. The van der Waals surface area contributed by atoms with E-state index in [4.69, 9.17) is 4.42 Å². The van der Waals surface area contributed by atoms with Crippen LogP contribution in [0.2, 0.25) is 0 Å². The molecule has 138 valence electrons. The molecule has 1 saturated carbocycles. The SMILES string of the molecule is O=C(N[C@@H](CCO)C1CCCCC1)[C@@H]1CC(=O)N(Cc2ccco2)C1. The molecule has 0 aromatic carbocycles. The molecule has 6 nitrogen and oxygen atoms in total. The molecule has 1 aliphatic carbocycles. The van der Waals surface area contributed by atoms with Crippen molar-refractivity contribution in [3.63, 3.8) is 0 Å². The number of amides is 2. The Morgan fingerprint density at radius 1 is 1.36 bits per heavy atom. The number of furan rings is 1. The van der Waals surface area contributed by atoms with Gasteiger partial charge in [-0.15, -0.1) is 0 Å². The number of likely N-dealkylation sites (tertiary alicyclic amines) is 1. The maximum absolute atomic E-state index is 12.7. The fourth-order valence-corrected chi connectivity index (χ4v) is 4.09. The average molecular weight is 348 g/mol. The molecule has 2 amide bonds. The van der Waals surface area contributed by atoms with Crippen LogP contribution in [-0.2, 0) is 16.1 Å². The molecule has 1 aliphatic heterocycles. The Morgan fingerprint density at radius 3 is 2.84 bits per heavy atom. The van der Waals surface area contributed by atoms with Crippen molar-refractivity contribution in [3.05, 3.63) is 24.2 Å². The van der Waals surface area contributed by atoms with Crippen LogP contribution in [0, 0.1) is 11.8 Å². The fraction of sp³-hybridized carbons (Fsp3) is 0.684. The van der Waals surface area contributed by atoms with Crippen LogP contribution in [-0.4, -0.2) is 41.0 Å². The van der Waals surface area contributed by atoms with Gasteiger partial charge in [0.05, 0.1) is 18.7 Å². The molecule has 0 bridgehead atoms. The Bertz CT molecular complexity index is 566. The zero-order valence-electron chi connectivity index (χ0n) is 14.7. The maximum atomic E-state index is 12.7. The Hall–Kier alpha value is -1.82. The van der Waals surface area contributed by atoms with Crippen molar-refractivity contribution in [3.8, 4) is 0 Å². The average Bonchev–Trinajstić information content (AvgIpc) is 3.26. The number of carbonyl (C=O) groups excluding carboxylic acids is 2. The molecular weight excluding hydrogens is 320 g/mol. The molecule has 2 heterocycles. The maximum Gasteiger partial charge on any atom is 0.225 e. The Labute approximate surface area is 148 Å². The zero-order valence-corrected chi connectivity index (χ0v) is 14.7. The van der Waals surface area contributed by atoms with Crippen LogP contribution in [0.4, 0.5) is 0 Å². The van der Waals surface area contributed by atoms with Crippen molar-refractivity contribution in [2.24, 2.45) is 11.8 Å². The Balaban J connectivity index is 1.55. The van der Waals surface area contributed by atoms with Crippen LogP contribution in [0.5, 0.6) is 0 Å². The lowest BCUT2D eigenvalue weighted by Gasteiger charge is -2.31. The van der Waals surface area contributed by atoms with E-state index < -0.39 is 0 Å². The highest BCUT2D eigenvalue weighted by Crippen LogP contribution is 2.28. The summed E-state index contributed by atoms with van der Waals surface area (Å²) in [7, 11) is 0. The molecular formula is C19H28N2O4. The number of rotatable bonds is 7. The summed E-state index contributed by atoms with van der Waals surface area (Å²) in [6.07, 6.45) is 8.30. The number of carbonyl (C=O) groups is 2. The number of aliphatic hydroxyl groups is 1. The van der Waals surface area contributed by atoms with Crippen LogP contribution in [0.25, 0.3) is 0 Å². The smallest absolute Gasteiger partial charge is 0.225 e. The topological polar surface area (TPSA) is 82.8 Å². The molecule has 25 heavy (non-hydrogen) atoms. The largest absolute Gasteiger partial charge is 0.467 e. The van der Waals surface area contributed by atoms with Gasteiger partial charge in [0, 0.05) is 25.6 Å². The third-order valence-corrected chi connectivity index (χ3v) is 5.50. The second kappa shape index (κ2) is 8.52. The van der Waals surface area contributed by atoms with E-state index in [-0.39, 0.29) is 36.8 Å². The van der Waals surface area contributed by atoms with Gasteiger partial charge in [-0.05, 0) is 37.3 Å². The first-order valence-electron chi connectivity index (χ1n) is 9.38. The van der Waals surface area contributed by atoms with Crippen molar-refractivity contribution < 1.29 is 19.1 Å². The van der Waals surface area contributed by atoms with E-state index in [1.165, 1.54) is 19.3 Å². The number of hydrogen-bond donors (Lipinski definition) is 2. The van der Waals surface area contributed by atoms with Crippen LogP contribution < -0.4 is 5.32 Å². The molecule has 0 spiro atoms. The van der Waals surface area contributed by atoms with E-state index in [0.29, 0.717) is 25.4 Å². The highest BCUT2D eigenvalue weighted by Gasteiger charge is 2.36. The van der Waals surface area contributed by atoms with Crippen molar-refractivity contribution in [2.75, 3.05) is 13.2 Å². The quantitative estimate of drug-likeness (QED) is 0.790. The van der Waals surface area contributed by atoms with Gasteiger partial charge < -0.3 is 19.7 Å². The van der Waals surface area contributed by atoms with Crippen LogP contribution in [0.15, 0.2) is 22.8 Å². The van der Waals surface area contributed by atoms with Gasteiger partial charge in [0.2, 0.25) is 11.8 Å². The van der Waals surface area contributed by atoms with E-state index in [0.717, 1.165) is 18.6 Å². The highest BCUT2D eigenvalue weighted by atomic mass is 16.3. The van der Waals surface area contributed by atoms with Gasteiger partial charge in [-0.3, -0.25) is 9.59 Å². The van der Waals surface area contributed by atoms with Crippen molar-refractivity contribution >= 4 is 11.8 Å². The van der Waals surface area contributed by atoms with Gasteiger partial charge in [0.25, 0.3) is 0 Å². The number of hydrogen-bond acceptors (Lipinski definition) is 4. The molecule has 1 aromatic heterocycles. The molecule has 0 unspecified atom stereocenters. The second-order valence-electron chi connectivity index (χ2n) is 7.28. The molecule has 1 saturated heterocycles. The number of aliphatic hydroxyl groups excluding tert-OH is 1. The first-order valence-corrected chi connectivity index (χ1v) is 9.38. The first-order chi connectivity index (χ1) is 12.2. The molecule has 2 atom stereocenters. The summed E-state index contributed by atoms with van der Waals surface area (Å²) >= 11 is 0. The number of nitrogens with zero attached hydrogens (tertiary/aromatic N) is 1. The predicted octanol–water partition coefficient (Wildman–Crippen LogP) is 2.08. The van der Waals surface area contributed by atoms with Gasteiger partial charge >= 0.3 is 0 Å². The molecule has 0 radical (unpaired) electrons. The minimum Gasteiger partial charge on any atom is -0.467 e. The van der Waals surface area contributed by atoms with Gasteiger partial charge in [-0.1, -0.05) is 19.3 Å². The first kappa shape index (κ1) is 18.0. The third kappa shape index (κ3) is 4.63. The fourth-order valence-electron chi connectivity index (χ4n) is 4.09. The minimum atomic E-state index is -0.313. The van der Waals surface area contributed by atoms with Gasteiger partial charge in [-0.25, -0.2) is 0 Å². The summed E-state index contributed by atoms with van der Waals surface area (Å²) in [5.74, 6) is 0.801. The second-order valence-corrected chi connectivity index (χ2v) is 7.28. The van der Waals surface area contributed by atoms with Crippen LogP contribution in [0.3, 0.4) is 0 Å². The molecule has 2 fully saturated rings. The van der Waals surface area contributed by atoms with Crippen molar-refractivity contribution in [1.82, 2.24) is 10.2 Å². The number of nitrogens with one attached hydrogen (secondary N) is 1. The van der Waals surface area contributed by atoms with E-state index in [9.17, 15) is 14.7 Å². The predicted molar refractivity (Wildman–Crippen MR) is 92.4 cm³/mol. The Kier molecular flexibility index (Phi) is 6.13. The Morgan fingerprint density at radius 2 is 2.16 bits per heavy atom.